The topological polar surface area (TPSA) is 46.9 Å². The number of benzene rings is 1. The predicted molar refractivity (Wildman–Crippen MR) is 76.4 cm³/mol. The monoisotopic (exact) mass is 257 g/mol. The van der Waals surface area contributed by atoms with Crippen LogP contribution in [0.3, 0.4) is 0 Å². The van der Waals surface area contributed by atoms with Crippen LogP contribution in [0.15, 0.2) is 30.5 Å². The molecular formula is C15H19N3O. The third kappa shape index (κ3) is 3.22. The first-order chi connectivity index (χ1) is 9.10. The van der Waals surface area contributed by atoms with Gasteiger partial charge in [0.25, 0.3) is 0 Å². The van der Waals surface area contributed by atoms with E-state index >= 15 is 0 Å². The third-order valence-electron chi connectivity index (χ3n) is 3.10. The fraction of sp³-hybridized carbons (Fsp3) is 0.333. The number of nitrogens with zero attached hydrogens (tertiary/aromatic N) is 2. The van der Waals surface area contributed by atoms with Crippen LogP contribution in [0.5, 0.6) is 0 Å². The Morgan fingerprint density at radius 3 is 2.58 bits per heavy atom. The second-order valence-corrected chi connectivity index (χ2v) is 4.62. The van der Waals surface area contributed by atoms with Crippen molar-refractivity contribution in [1.29, 1.82) is 0 Å². The lowest BCUT2D eigenvalue weighted by Gasteiger charge is -2.06. The molecule has 0 amide bonds. The van der Waals surface area contributed by atoms with E-state index in [0.29, 0.717) is 0 Å². The van der Waals surface area contributed by atoms with Gasteiger partial charge in [-0.1, -0.05) is 6.92 Å². The smallest absolute Gasteiger partial charge is 0.159 e. The Kier molecular flexibility index (Phi) is 4.00. The van der Waals surface area contributed by atoms with Gasteiger partial charge in [0, 0.05) is 36.6 Å². The third-order valence-corrected chi connectivity index (χ3v) is 3.10. The van der Waals surface area contributed by atoms with Gasteiger partial charge in [-0.25, -0.2) is 0 Å². The van der Waals surface area contributed by atoms with Gasteiger partial charge in [0.1, 0.15) is 0 Å². The van der Waals surface area contributed by atoms with Gasteiger partial charge in [0.15, 0.2) is 5.78 Å². The molecule has 19 heavy (non-hydrogen) atoms. The van der Waals surface area contributed by atoms with Crippen LogP contribution in [0.2, 0.25) is 0 Å². The molecule has 100 valence electrons. The number of aryl methyl sites for hydroxylation is 2. The minimum atomic E-state index is 0.0899. The van der Waals surface area contributed by atoms with Crippen LogP contribution in [0.25, 0.3) is 0 Å². The Labute approximate surface area is 113 Å². The average Bonchev–Trinajstić information content (AvgIpc) is 2.77. The van der Waals surface area contributed by atoms with E-state index < -0.39 is 0 Å². The molecular weight excluding hydrogens is 238 g/mol. The molecule has 1 aromatic heterocycles. The van der Waals surface area contributed by atoms with Gasteiger partial charge in [-0.15, -0.1) is 0 Å². The Balaban J connectivity index is 2.03. The quantitative estimate of drug-likeness (QED) is 0.838. The highest BCUT2D eigenvalue weighted by atomic mass is 16.1. The Bertz CT molecular complexity index is 570. The number of nitrogens with one attached hydrogen (secondary N) is 1. The largest absolute Gasteiger partial charge is 0.381 e. The lowest BCUT2D eigenvalue weighted by atomic mass is 10.1. The molecule has 0 saturated carbocycles. The van der Waals surface area contributed by atoms with Crippen LogP contribution in [0.4, 0.5) is 5.69 Å². The number of ketones is 1. The van der Waals surface area contributed by atoms with Gasteiger partial charge in [-0.05, 0) is 37.6 Å². The van der Waals surface area contributed by atoms with Crippen LogP contribution < -0.4 is 5.32 Å². The summed E-state index contributed by atoms with van der Waals surface area (Å²) >= 11 is 0. The zero-order chi connectivity index (χ0) is 13.8. The zero-order valence-electron chi connectivity index (χ0n) is 11.6. The van der Waals surface area contributed by atoms with Crippen molar-refractivity contribution in [3.63, 3.8) is 0 Å². The van der Waals surface area contributed by atoms with Gasteiger partial charge in [-0.3, -0.25) is 9.48 Å². The van der Waals surface area contributed by atoms with Crippen LogP contribution in [0.1, 0.15) is 35.5 Å². The number of aromatic nitrogens is 2. The molecule has 4 heteroatoms. The normalized spacial score (nSPS) is 10.5. The van der Waals surface area contributed by atoms with E-state index in [1.54, 1.807) is 6.92 Å². The first-order valence-corrected chi connectivity index (χ1v) is 6.46. The Hall–Kier alpha value is -2.10. The van der Waals surface area contributed by atoms with Gasteiger partial charge >= 0.3 is 0 Å². The van der Waals surface area contributed by atoms with E-state index in [-0.39, 0.29) is 5.78 Å². The highest BCUT2D eigenvalue weighted by Gasteiger charge is 2.05. The van der Waals surface area contributed by atoms with E-state index in [0.717, 1.165) is 29.9 Å². The summed E-state index contributed by atoms with van der Waals surface area (Å²) in [7, 11) is 1.93. The highest BCUT2D eigenvalue weighted by molar-refractivity contribution is 5.94. The van der Waals surface area contributed by atoms with Gasteiger partial charge in [-0.2, -0.15) is 5.10 Å². The molecule has 2 rings (SSSR count). The van der Waals surface area contributed by atoms with E-state index in [2.05, 4.69) is 17.3 Å². The average molecular weight is 257 g/mol. The predicted octanol–water partition coefficient (Wildman–Crippen LogP) is 2.80. The van der Waals surface area contributed by atoms with Crippen molar-refractivity contribution in [2.24, 2.45) is 7.05 Å². The van der Waals surface area contributed by atoms with Gasteiger partial charge in [0.05, 0.1) is 5.69 Å². The number of carbonyl (C=O) groups excluding carboxylic acids is 1. The lowest BCUT2D eigenvalue weighted by Crippen LogP contribution is -2.01. The number of hydrogen-bond donors (Lipinski definition) is 1. The molecule has 0 fully saturated rings. The SMILES string of the molecule is CCc1nn(C)cc1CNc1ccc(C(C)=O)cc1. The zero-order valence-corrected chi connectivity index (χ0v) is 11.6. The molecule has 0 unspecified atom stereocenters. The second-order valence-electron chi connectivity index (χ2n) is 4.62. The molecule has 0 aliphatic rings. The molecule has 1 heterocycles. The van der Waals surface area contributed by atoms with Crippen molar-refractivity contribution in [3.8, 4) is 0 Å². The summed E-state index contributed by atoms with van der Waals surface area (Å²) < 4.78 is 1.84. The van der Waals surface area contributed by atoms with Crippen LogP contribution in [0, 0.1) is 0 Å². The molecule has 1 N–H and O–H groups in total. The minimum Gasteiger partial charge on any atom is -0.381 e. The number of Topliss-reactive ketones (excluding diaryl/α,β-unsaturated/α-hetero) is 1. The summed E-state index contributed by atoms with van der Waals surface area (Å²) in [5.41, 5.74) is 4.08. The summed E-state index contributed by atoms with van der Waals surface area (Å²) in [6, 6.07) is 7.54. The van der Waals surface area contributed by atoms with Crippen molar-refractivity contribution in [2.45, 2.75) is 26.8 Å². The molecule has 0 bridgehead atoms. The van der Waals surface area contributed by atoms with Crippen molar-refractivity contribution in [2.75, 3.05) is 5.32 Å². The molecule has 4 nitrogen and oxygen atoms in total. The molecule has 0 spiro atoms. The van der Waals surface area contributed by atoms with E-state index in [9.17, 15) is 4.79 Å². The minimum absolute atomic E-state index is 0.0899. The summed E-state index contributed by atoms with van der Waals surface area (Å²) in [4.78, 5) is 11.2. The first kappa shape index (κ1) is 13.3. The molecule has 0 saturated heterocycles. The Morgan fingerprint density at radius 2 is 2.00 bits per heavy atom. The van der Waals surface area contributed by atoms with Gasteiger partial charge < -0.3 is 5.32 Å². The number of rotatable bonds is 5. The molecule has 0 aliphatic heterocycles. The second kappa shape index (κ2) is 5.69. The van der Waals surface area contributed by atoms with E-state index in [1.165, 1.54) is 5.56 Å². The lowest BCUT2D eigenvalue weighted by molar-refractivity contribution is 0.101. The molecule has 0 radical (unpaired) electrons. The summed E-state index contributed by atoms with van der Waals surface area (Å²) in [6.45, 7) is 4.43. The van der Waals surface area contributed by atoms with Crippen LogP contribution >= 0.6 is 0 Å². The number of hydrogen-bond acceptors (Lipinski definition) is 3. The van der Waals surface area contributed by atoms with Crippen LogP contribution in [-0.4, -0.2) is 15.6 Å². The molecule has 1 aromatic carbocycles. The Morgan fingerprint density at radius 1 is 1.32 bits per heavy atom. The molecule has 0 atom stereocenters. The van der Waals surface area contributed by atoms with Gasteiger partial charge in [0.2, 0.25) is 0 Å². The van der Waals surface area contributed by atoms with Crippen molar-refractivity contribution in [3.05, 3.63) is 47.3 Å². The fourth-order valence-electron chi connectivity index (χ4n) is 2.05. The molecule has 2 aromatic rings. The summed E-state index contributed by atoms with van der Waals surface area (Å²) in [5.74, 6) is 0.0899. The maximum atomic E-state index is 11.2. The summed E-state index contributed by atoms with van der Waals surface area (Å²) in [6.07, 6.45) is 2.97. The summed E-state index contributed by atoms with van der Waals surface area (Å²) in [5, 5.41) is 7.76. The van der Waals surface area contributed by atoms with Crippen molar-refractivity contribution >= 4 is 11.5 Å². The van der Waals surface area contributed by atoms with Crippen LogP contribution in [-0.2, 0) is 20.0 Å². The van der Waals surface area contributed by atoms with E-state index in [1.807, 2.05) is 42.2 Å². The number of carbonyl (C=O) groups is 1. The standard InChI is InChI=1S/C15H19N3O/c1-4-15-13(10-18(3)17-15)9-16-14-7-5-12(6-8-14)11(2)19/h5-8,10,16H,4,9H2,1-3H3. The fourth-order valence-corrected chi connectivity index (χ4v) is 2.05. The van der Waals surface area contributed by atoms with Crippen molar-refractivity contribution in [1.82, 2.24) is 9.78 Å². The van der Waals surface area contributed by atoms with E-state index in [4.69, 9.17) is 0 Å². The maximum Gasteiger partial charge on any atom is 0.159 e. The maximum absolute atomic E-state index is 11.2. The van der Waals surface area contributed by atoms with Crippen molar-refractivity contribution < 1.29 is 4.79 Å². The number of anilines is 1. The highest BCUT2D eigenvalue weighted by Crippen LogP contribution is 2.13. The first-order valence-electron chi connectivity index (χ1n) is 6.46. The molecule has 0 aliphatic carbocycles.